The summed E-state index contributed by atoms with van der Waals surface area (Å²) in [4.78, 5) is 20.5. The maximum Gasteiger partial charge on any atom is 0.257 e. The van der Waals surface area contributed by atoms with Gasteiger partial charge < -0.3 is 10.2 Å². The molecule has 3 aromatic rings. The summed E-state index contributed by atoms with van der Waals surface area (Å²) in [5, 5.41) is 6.01. The van der Waals surface area contributed by atoms with Crippen LogP contribution in [0.2, 0.25) is 0 Å². The quantitative estimate of drug-likeness (QED) is 0.727. The van der Waals surface area contributed by atoms with Crippen LogP contribution in [-0.4, -0.2) is 40.4 Å². The first kappa shape index (κ1) is 17.3. The molecule has 0 unspecified atom stereocenters. The summed E-state index contributed by atoms with van der Waals surface area (Å²) in [6.45, 7) is 2.05. The van der Waals surface area contributed by atoms with E-state index in [0.717, 1.165) is 29.5 Å². The Bertz CT molecular complexity index is 924. The fourth-order valence-electron chi connectivity index (χ4n) is 3.04. The van der Waals surface area contributed by atoms with Gasteiger partial charge in [-0.15, -0.1) is 11.3 Å². The second-order valence-corrected chi connectivity index (χ2v) is 8.30. The Balaban J connectivity index is 1.74. The van der Waals surface area contributed by atoms with Crippen LogP contribution in [0, 0.1) is 5.82 Å². The first-order chi connectivity index (χ1) is 12.7. The lowest BCUT2D eigenvalue weighted by molar-refractivity contribution is 0.0773. The van der Waals surface area contributed by atoms with Crippen molar-refractivity contribution in [2.45, 2.75) is 6.54 Å². The van der Waals surface area contributed by atoms with Gasteiger partial charge in [0, 0.05) is 47.6 Å². The monoisotopic (exact) mass is 387 g/mol. The molecule has 1 aliphatic heterocycles. The van der Waals surface area contributed by atoms with E-state index < -0.39 is 0 Å². The molecule has 0 bridgehead atoms. The van der Waals surface area contributed by atoms with Crippen molar-refractivity contribution in [2.75, 3.05) is 29.9 Å². The highest BCUT2D eigenvalue weighted by Gasteiger charge is 2.23. The number of carbonyl (C=O) groups is 1. The van der Waals surface area contributed by atoms with Crippen molar-refractivity contribution in [3.63, 3.8) is 0 Å². The number of rotatable bonds is 4. The Labute approximate surface area is 159 Å². The highest BCUT2D eigenvalue weighted by molar-refractivity contribution is 7.99. The molecule has 7 heteroatoms. The molecule has 1 aliphatic rings. The van der Waals surface area contributed by atoms with Gasteiger partial charge in [-0.3, -0.25) is 9.78 Å². The topological polar surface area (TPSA) is 45.2 Å². The molecule has 134 valence electrons. The highest BCUT2D eigenvalue weighted by atomic mass is 32.2. The van der Waals surface area contributed by atoms with Crippen LogP contribution in [0.1, 0.15) is 15.2 Å². The number of thioether (sulfide) groups is 1. The fourth-order valence-corrected chi connectivity index (χ4v) is 4.59. The van der Waals surface area contributed by atoms with Gasteiger partial charge in [0.2, 0.25) is 0 Å². The normalized spacial score (nSPS) is 14.6. The molecule has 0 saturated carbocycles. The maximum absolute atomic E-state index is 13.9. The third kappa shape index (κ3) is 3.54. The van der Waals surface area contributed by atoms with E-state index in [1.807, 2.05) is 34.2 Å². The van der Waals surface area contributed by atoms with Crippen LogP contribution in [0.15, 0.2) is 41.9 Å². The molecule has 0 aliphatic carbocycles. The first-order valence-corrected chi connectivity index (χ1v) is 10.5. The number of halogens is 1. The maximum atomic E-state index is 13.9. The number of anilines is 1. The Morgan fingerprint density at radius 1 is 1.27 bits per heavy atom. The third-order valence-corrected chi connectivity index (χ3v) is 6.20. The predicted molar refractivity (Wildman–Crippen MR) is 107 cm³/mol. The number of fused-ring (bicyclic) bond motifs is 1. The molecule has 4 rings (SSSR count). The molecule has 1 aromatic carbocycles. The van der Waals surface area contributed by atoms with E-state index in [0.29, 0.717) is 28.7 Å². The smallest absolute Gasteiger partial charge is 0.257 e. The average Bonchev–Trinajstić information content (AvgIpc) is 3.19. The molecule has 3 heterocycles. The fraction of sp³-hybridized carbons (Fsp3) is 0.263. The second-order valence-electron chi connectivity index (χ2n) is 6.05. The molecule has 26 heavy (non-hydrogen) atoms. The molecule has 0 radical (unpaired) electrons. The Hall–Kier alpha value is -2.12. The number of nitrogens with zero attached hydrogens (tertiary/aromatic N) is 2. The van der Waals surface area contributed by atoms with Crippen molar-refractivity contribution in [1.29, 1.82) is 0 Å². The lowest BCUT2D eigenvalue weighted by Crippen LogP contribution is -2.38. The van der Waals surface area contributed by atoms with Crippen molar-refractivity contribution in [3.8, 4) is 0 Å². The lowest BCUT2D eigenvalue weighted by Gasteiger charge is -2.27. The zero-order valence-electron chi connectivity index (χ0n) is 14.1. The van der Waals surface area contributed by atoms with E-state index >= 15 is 0 Å². The van der Waals surface area contributed by atoms with E-state index in [-0.39, 0.29) is 11.7 Å². The van der Waals surface area contributed by atoms with Gasteiger partial charge in [-0.2, -0.15) is 11.8 Å². The summed E-state index contributed by atoms with van der Waals surface area (Å²) >= 11 is 3.50. The summed E-state index contributed by atoms with van der Waals surface area (Å²) in [6.07, 6.45) is 1.61. The summed E-state index contributed by atoms with van der Waals surface area (Å²) in [5.74, 6) is 1.51. The van der Waals surface area contributed by atoms with Gasteiger partial charge in [-0.1, -0.05) is 6.07 Å². The SMILES string of the molecule is O=C(c1cnc2ccc(F)cc2c1NCc1cccs1)N1CCSCC1. The Kier molecular flexibility index (Phi) is 5.08. The third-order valence-electron chi connectivity index (χ3n) is 4.38. The van der Waals surface area contributed by atoms with Gasteiger partial charge in [-0.25, -0.2) is 4.39 Å². The van der Waals surface area contributed by atoms with Gasteiger partial charge in [0.25, 0.3) is 5.91 Å². The summed E-state index contributed by atoms with van der Waals surface area (Å²) in [7, 11) is 0. The Morgan fingerprint density at radius 3 is 2.88 bits per heavy atom. The van der Waals surface area contributed by atoms with E-state index in [1.54, 1.807) is 23.6 Å². The van der Waals surface area contributed by atoms with Crippen LogP contribution >= 0.6 is 23.1 Å². The minimum atomic E-state index is -0.336. The number of amides is 1. The number of hydrogen-bond donors (Lipinski definition) is 1. The van der Waals surface area contributed by atoms with Crippen LogP contribution in [0.4, 0.5) is 10.1 Å². The highest BCUT2D eigenvalue weighted by Crippen LogP contribution is 2.29. The molecule has 1 saturated heterocycles. The number of hydrogen-bond acceptors (Lipinski definition) is 5. The second kappa shape index (κ2) is 7.63. The zero-order valence-corrected chi connectivity index (χ0v) is 15.7. The van der Waals surface area contributed by atoms with Crippen LogP contribution in [0.5, 0.6) is 0 Å². The van der Waals surface area contributed by atoms with E-state index in [2.05, 4.69) is 10.3 Å². The number of thiophene rings is 1. The van der Waals surface area contributed by atoms with Crippen molar-refractivity contribution in [3.05, 3.63) is 58.2 Å². The molecule has 4 nitrogen and oxygen atoms in total. The van der Waals surface area contributed by atoms with Gasteiger partial charge in [0.15, 0.2) is 0 Å². The number of aromatic nitrogens is 1. The van der Waals surface area contributed by atoms with E-state index in [4.69, 9.17) is 0 Å². The van der Waals surface area contributed by atoms with Crippen molar-refractivity contribution in [1.82, 2.24) is 9.88 Å². The number of nitrogens with one attached hydrogen (secondary N) is 1. The van der Waals surface area contributed by atoms with Crippen molar-refractivity contribution in [2.24, 2.45) is 0 Å². The molecule has 0 atom stereocenters. The predicted octanol–water partition coefficient (Wildman–Crippen LogP) is 4.24. The molecular weight excluding hydrogens is 369 g/mol. The zero-order chi connectivity index (χ0) is 17.9. The molecule has 0 spiro atoms. The molecular formula is C19H18FN3OS2. The van der Waals surface area contributed by atoms with Gasteiger partial charge in [0.05, 0.1) is 16.8 Å². The average molecular weight is 388 g/mol. The number of benzene rings is 1. The summed E-state index contributed by atoms with van der Waals surface area (Å²) in [5.41, 5.74) is 1.84. The van der Waals surface area contributed by atoms with E-state index in [9.17, 15) is 9.18 Å². The number of carbonyl (C=O) groups excluding carboxylic acids is 1. The standard InChI is InChI=1S/C19H18FN3OS2/c20-13-3-4-17-15(10-13)18(22-11-14-2-1-7-26-14)16(12-21-17)19(24)23-5-8-25-9-6-23/h1-4,7,10,12H,5-6,8-9,11H2,(H,21,22). The van der Waals surface area contributed by atoms with Gasteiger partial charge >= 0.3 is 0 Å². The molecule has 1 amide bonds. The van der Waals surface area contributed by atoms with Crippen LogP contribution in [0.3, 0.4) is 0 Å². The number of pyridine rings is 1. The minimum absolute atomic E-state index is 0.0439. The van der Waals surface area contributed by atoms with Gasteiger partial charge in [-0.05, 0) is 29.6 Å². The largest absolute Gasteiger partial charge is 0.379 e. The minimum Gasteiger partial charge on any atom is -0.379 e. The Morgan fingerprint density at radius 2 is 2.12 bits per heavy atom. The van der Waals surface area contributed by atoms with Gasteiger partial charge in [0.1, 0.15) is 5.82 Å². The molecule has 2 aromatic heterocycles. The summed E-state index contributed by atoms with van der Waals surface area (Å²) in [6, 6.07) is 8.50. The van der Waals surface area contributed by atoms with Crippen LogP contribution in [-0.2, 0) is 6.54 Å². The lowest BCUT2D eigenvalue weighted by atomic mass is 10.1. The first-order valence-electron chi connectivity index (χ1n) is 8.44. The van der Waals surface area contributed by atoms with Crippen LogP contribution in [0.25, 0.3) is 10.9 Å². The van der Waals surface area contributed by atoms with Crippen molar-refractivity contribution < 1.29 is 9.18 Å². The molecule has 1 fully saturated rings. The van der Waals surface area contributed by atoms with Crippen molar-refractivity contribution >= 4 is 45.6 Å². The molecule has 1 N–H and O–H groups in total. The summed E-state index contributed by atoms with van der Waals surface area (Å²) < 4.78 is 13.9. The van der Waals surface area contributed by atoms with E-state index in [1.165, 1.54) is 12.1 Å². The van der Waals surface area contributed by atoms with Crippen LogP contribution < -0.4 is 5.32 Å².